The van der Waals surface area contributed by atoms with Crippen molar-refractivity contribution in [3.63, 3.8) is 0 Å². The van der Waals surface area contributed by atoms with Gasteiger partial charge in [-0.2, -0.15) is 0 Å². The highest BCUT2D eigenvalue weighted by molar-refractivity contribution is 5.38. The van der Waals surface area contributed by atoms with Gasteiger partial charge >= 0.3 is 0 Å². The summed E-state index contributed by atoms with van der Waals surface area (Å²) in [4.78, 5) is 0. The standard InChI is InChI=1S/C26H30O/c1-3-21-9-11-22(12-10-21)7-5-6-8-23-13-15-24(16-14-23)25-17-19-26(20-18-25)27-4-2/h6,8-12,17-20,23-24H,3-4,13-16H2,1-2H3/b8-6+/t23-,24-. The van der Waals surface area contributed by atoms with Gasteiger partial charge in [0.05, 0.1) is 6.61 Å². The predicted octanol–water partition coefficient (Wildman–Crippen LogP) is 6.53. The molecule has 1 heteroatoms. The third-order valence-corrected chi connectivity index (χ3v) is 5.46. The van der Waals surface area contributed by atoms with Gasteiger partial charge in [-0.3, -0.25) is 0 Å². The van der Waals surface area contributed by atoms with Crippen LogP contribution in [-0.2, 0) is 6.42 Å². The molecule has 0 amide bonds. The van der Waals surface area contributed by atoms with Gasteiger partial charge in [-0.15, -0.1) is 0 Å². The lowest BCUT2D eigenvalue weighted by molar-refractivity contribution is 0.339. The van der Waals surface area contributed by atoms with Crippen LogP contribution in [0.5, 0.6) is 5.75 Å². The fourth-order valence-corrected chi connectivity index (χ4v) is 3.78. The van der Waals surface area contributed by atoms with Crippen LogP contribution in [0.3, 0.4) is 0 Å². The first kappa shape index (κ1) is 19.3. The van der Waals surface area contributed by atoms with Crippen LogP contribution in [0, 0.1) is 17.8 Å². The van der Waals surface area contributed by atoms with Crippen molar-refractivity contribution in [2.45, 2.75) is 51.9 Å². The van der Waals surface area contributed by atoms with Gasteiger partial charge in [0, 0.05) is 5.56 Å². The normalized spacial score (nSPS) is 19.5. The van der Waals surface area contributed by atoms with Gasteiger partial charge in [-0.1, -0.05) is 49.1 Å². The lowest BCUT2D eigenvalue weighted by Gasteiger charge is -2.27. The van der Waals surface area contributed by atoms with Crippen molar-refractivity contribution >= 4 is 0 Å². The van der Waals surface area contributed by atoms with E-state index in [-0.39, 0.29) is 0 Å². The lowest BCUT2D eigenvalue weighted by atomic mass is 9.78. The summed E-state index contributed by atoms with van der Waals surface area (Å²) in [6.07, 6.45) is 10.5. The SMILES string of the molecule is CCOc1ccc([C@H]2CC[C@H](/C=C/C#Cc3ccc(CC)cc3)CC2)cc1. The molecule has 2 aromatic carbocycles. The molecule has 0 saturated heterocycles. The minimum Gasteiger partial charge on any atom is -0.494 e. The van der Waals surface area contributed by atoms with Crippen molar-refractivity contribution in [2.75, 3.05) is 6.61 Å². The zero-order chi connectivity index (χ0) is 18.9. The van der Waals surface area contributed by atoms with Crippen LogP contribution < -0.4 is 4.74 Å². The van der Waals surface area contributed by atoms with E-state index in [1.165, 1.54) is 36.8 Å². The molecule has 2 aromatic rings. The molecule has 0 aliphatic heterocycles. The minimum absolute atomic E-state index is 0.667. The fraction of sp³-hybridized carbons (Fsp3) is 0.385. The van der Waals surface area contributed by atoms with Crippen molar-refractivity contribution in [3.05, 3.63) is 77.4 Å². The van der Waals surface area contributed by atoms with Gasteiger partial charge in [0.15, 0.2) is 0 Å². The summed E-state index contributed by atoms with van der Waals surface area (Å²) in [6.45, 7) is 4.92. The molecule has 0 bridgehead atoms. The van der Waals surface area contributed by atoms with Crippen LogP contribution in [-0.4, -0.2) is 6.61 Å². The van der Waals surface area contributed by atoms with Gasteiger partial charge in [0.1, 0.15) is 5.75 Å². The number of hydrogen-bond acceptors (Lipinski definition) is 1. The smallest absolute Gasteiger partial charge is 0.119 e. The van der Waals surface area contributed by atoms with E-state index < -0.39 is 0 Å². The molecule has 1 nitrogen and oxygen atoms in total. The average Bonchev–Trinajstić information content (AvgIpc) is 2.73. The van der Waals surface area contributed by atoms with Gasteiger partial charge in [-0.25, -0.2) is 0 Å². The molecule has 1 saturated carbocycles. The van der Waals surface area contributed by atoms with E-state index >= 15 is 0 Å². The highest BCUT2D eigenvalue weighted by Crippen LogP contribution is 2.36. The van der Waals surface area contributed by atoms with Gasteiger partial charge in [0.25, 0.3) is 0 Å². The van der Waals surface area contributed by atoms with Crippen LogP contribution in [0.15, 0.2) is 60.7 Å². The molecule has 0 spiro atoms. The maximum atomic E-state index is 5.54. The van der Waals surface area contributed by atoms with E-state index in [4.69, 9.17) is 4.74 Å². The van der Waals surface area contributed by atoms with E-state index in [9.17, 15) is 0 Å². The second-order valence-electron chi connectivity index (χ2n) is 7.29. The largest absolute Gasteiger partial charge is 0.494 e. The first-order valence-electron chi connectivity index (χ1n) is 10.3. The van der Waals surface area contributed by atoms with Crippen LogP contribution in [0.2, 0.25) is 0 Å². The molecule has 3 rings (SSSR count). The first-order chi connectivity index (χ1) is 13.3. The van der Waals surface area contributed by atoms with Crippen molar-refractivity contribution in [2.24, 2.45) is 5.92 Å². The Morgan fingerprint density at radius 3 is 2.26 bits per heavy atom. The fourth-order valence-electron chi connectivity index (χ4n) is 3.78. The van der Waals surface area contributed by atoms with E-state index in [2.05, 4.69) is 79.4 Å². The van der Waals surface area contributed by atoms with Crippen LogP contribution in [0.25, 0.3) is 0 Å². The van der Waals surface area contributed by atoms with E-state index in [1.807, 2.05) is 6.92 Å². The molecular formula is C26H30O. The zero-order valence-corrected chi connectivity index (χ0v) is 16.6. The van der Waals surface area contributed by atoms with Crippen LogP contribution >= 0.6 is 0 Å². The Morgan fingerprint density at radius 2 is 1.63 bits per heavy atom. The van der Waals surface area contributed by atoms with Crippen LogP contribution in [0.4, 0.5) is 0 Å². The van der Waals surface area contributed by atoms with Gasteiger partial charge < -0.3 is 4.74 Å². The van der Waals surface area contributed by atoms with Crippen molar-refractivity contribution < 1.29 is 4.74 Å². The Labute approximate surface area is 164 Å². The molecule has 0 atom stereocenters. The van der Waals surface area contributed by atoms with Crippen molar-refractivity contribution in [3.8, 4) is 17.6 Å². The summed E-state index contributed by atoms with van der Waals surface area (Å²) in [5.41, 5.74) is 3.91. The van der Waals surface area contributed by atoms with Gasteiger partial charge in [-0.05, 0) is 92.3 Å². The number of rotatable bonds is 5. The van der Waals surface area contributed by atoms with Gasteiger partial charge in [0.2, 0.25) is 0 Å². The zero-order valence-electron chi connectivity index (χ0n) is 16.6. The highest BCUT2D eigenvalue weighted by atomic mass is 16.5. The summed E-state index contributed by atoms with van der Waals surface area (Å²) < 4.78 is 5.54. The number of benzene rings is 2. The third-order valence-electron chi connectivity index (χ3n) is 5.46. The van der Waals surface area contributed by atoms with E-state index in [1.54, 1.807) is 0 Å². The van der Waals surface area contributed by atoms with Crippen molar-refractivity contribution in [1.29, 1.82) is 0 Å². The Bertz CT molecular complexity index is 779. The molecule has 0 radical (unpaired) electrons. The molecule has 0 aromatic heterocycles. The summed E-state index contributed by atoms with van der Waals surface area (Å²) in [7, 11) is 0. The maximum absolute atomic E-state index is 5.54. The monoisotopic (exact) mass is 358 g/mol. The molecular weight excluding hydrogens is 328 g/mol. The van der Waals surface area contributed by atoms with E-state index in [0.29, 0.717) is 11.8 Å². The number of ether oxygens (including phenoxy) is 1. The summed E-state index contributed by atoms with van der Waals surface area (Å²) in [6, 6.07) is 17.2. The first-order valence-corrected chi connectivity index (χ1v) is 10.3. The number of aryl methyl sites for hydroxylation is 1. The lowest BCUT2D eigenvalue weighted by Crippen LogP contribution is -2.11. The molecule has 1 aliphatic rings. The Kier molecular flexibility index (Phi) is 7.17. The molecule has 27 heavy (non-hydrogen) atoms. The topological polar surface area (TPSA) is 9.23 Å². The average molecular weight is 359 g/mol. The Hall–Kier alpha value is -2.46. The number of hydrogen-bond donors (Lipinski definition) is 0. The Balaban J connectivity index is 1.47. The predicted molar refractivity (Wildman–Crippen MR) is 114 cm³/mol. The summed E-state index contributed by atoms with van der Waals surface area (Å²) in [5, 5.41) is 0. The third kappa shape index (κ3) is 5.76. The summed E-state index contributed by atoms with van der Waals surface area (Å²) >= 11 is 0. The Morgan fingerprint density at radius 1 is 0.926 bits per heavy atom. The number of allylic oxidation sites excluding steroid dienone is 2. The molecule has 0 unspecified atom stereocenters. The molecule has 0 N–H and O–H groups in total. The second kappa shape index (κ2) is 10.0. The summed E-state index contributed by atoms with van der Waals surface area (Å²) in [5.74, 6) is 8.77. The molecule has 1 fully saturated rings. The van der Waals surface area contributed by atoms with Crippen LogP contribution in [0.1, 0.15) is 62.1 Å². The second-order valence-corrected chi connectivity index (χ2v) is 7.29. The molecule has 140 valence electrons. The molecule has 1 aliphatic carbocycles. The minimum atomic E-state index is 0.667. The highest BCUT2D eigenvalue weighted by Gasteiger charge is 2.20. The van der Waals surface area contributed by atoms with Crippen molar-refractivity contribution in [1.82, 2.24) is 0 Å². The molecule has 0 heterocycles. The maximum Gasteiger partial charge on any atom is 0.119 e. The quantitative estimate of drug-likeness (QED) is 0.552. The van der Waals surface area contributed by atoms with E-state index in [0.717, 1.165) is 24.3 Å².